The molecular weight excluding hydrogens is 376 g/mol. The number of ether oxygens (including phenoxy) is 1. The van der Waals surface area contributed by atoms with Crippen LogP contribution in [-0.4, -0.2) is 33.5 Å². The number of benzene rings is 2. The molecule has 2 rings (SSSR count). The Kier molecular flexibility index (Phi) is 7.45. The third-order valence-electron chi connectivity index (χ3n) is 4.44. The predicted octanol–water partition coefficient (Wildman–Crippen LogP) is 3.44. The fourth-order valence-corrected chi connectivity index (χ4v) is 3.93. The Labute approximate surface area is 167 Å². The molecule has 0 aliphatic rings. The first-order valence-electron chi connectivity index (χ1n) is 9.35. The van der Waals surface area contributed by atoms with E-state index < -0.39 is 10.0 Å². The van der Waals surface area contributed by atoms with Crippen molar-refractivity contribution in [2.45, 2.75) is 38.6 Å². The number of amides is 1. The average Bonchev–Trinajstić information content (AvgIpc) is 2.67. The summed E-state index contributed by atoms with van der Waals surface area (Å²) in [6.45, 7) is 7.95. The number of hydrogen-bond donors (Lipinski definition) is 1. The van der Waals surface area contributed by atoms with Crippen LogP contribution in [0.3, 0.4) is 0 Å². The summed E-state index contributed by atoms with van der Waals surface area (Å²) in [5.41, 5.74) is 0.434. The minimum absolute atomic E-state index is 0.0571. The highest BCUT2D eigenvalue weighted by Gasteiger charge is 2.27. The van der Waals surface area contributed by atoms with Crippen molar-refractivity contribution in [1.29, 1.82) is 0 Å². The molecule has 0 saturated heterocycles. The number of para-hydroxylation sites is 1. The van der Waals surface area contributed by atoms with Crippen LogP contribution in [0.15, 0.2) is 59.5 Å². The van der Waals surface area contributed by atoms with Crippen LogP contribution in [0.1, 0.15) is 27.7 Å². The maximum absolute atomic E-state index is 13.3. The van der Waals surface area contributed by atoms with Crippen LogP contribution in [0.5, 0.6) is 5.75 Å². The molecule has 0 radical (unpaired) electrons. The summed E-state index contributed by atoms with van der Waals surface area (Å²) in [6, 6.07) is 14.8. The molecule has 1 amide bonds. The molecule has 0 heterocycles. The molecule has 28 heavy (non-hydrogen) atoms. The van der Waals surface area contributed by atoms with E-state index in [1.54, 1.807) is 42.5 Å². The van der Waals surface area contributed by atoms with Gasteiger partial charge in [0.1, 0.15) is 12.3 Å². The van der Waals surface area contributed by atoms with Gasteiger partial charge in [-0.2, -0.15) is 0 Å². The zero-order chi connectivity index (χ0) is 20.7. The fraction of sp³-hybridized carbons (Fsp3) is 0.381. The molecule has 2 aromatic rings. The smallest absolute Gasteiger partial charge is 0.264 e. The zero-order valence-electron chi connectivity index (χ0n) is 16.8. The molecule has 2 aromatic carbocycles. The first-order chi connectivity index (χ1) is 13.3. The molecule has 0 fully saturated rings. The van der Waals surface area contributed by atoms with Crippen LogP contribution in [-0.2, 0) is 14.8 Å². The molecule has 6 nitrogen and oxygen atoms in total. The van der Waals surface area contributed by atoms with Crippen LogP contribution >= 0.6 is 0 Å². The van der Waals surface area contributed by atoms with Crippen molar-refractivity contribution in [3.8, 4) is 5.75 Å². The zero-order valence-corrected chi connectivity index (χ0v) is 17.6. The highest BCUT2D eigenvalue weighted by atomic mass is 32.2. The molecule has 0 aliphatic carbocycles. The molecule has 7 heteroatoms. The molecule has 0 spiro atoms. The lowest BCUT2D eigenvalue weighted by molar-refractivity contribution is -0.120. The molecule has 0 bridgehead atoms. The van der Waals surface area contributed by atoms with E-state index in [2.05, 4.69) is 5.32 Å². The third kappa shape index (κ3) is 5.48. The summed E-state index contributed by atoms with van der Waals surface area (Å²) < 4.78 is 33.0. The van der Waals surface area contributed by atoms with Crippen LogP contribution < -0.4 is 14.4 Å². The van der Waals surface area contributed by atoms with Crippen molar-refractivity contribution >= 4 is 21.6 Å². The van der Waals surface area contributed by atoms with Crippen molar-refractivity contribution in [2.75, 3.05) is 17.5 Å². The lowest BCUT2D eigenvalue weighted by Crippen LogP contribution is -2.44. The lowest BCUT2D eigenvalue weighted by atomic mass is 10.1. The Bertz CT molecular complexity index is 865. The summed E-state index contributed by atoms with van der Waals surface area (Å²) in [4.78, 5) is 12.6. The monoisotopic (exact) mass is 404 g/mol. The molecule has 1 atom stereocenters. The van der Waals surface area contributed by atoms with Gasteiger partial charge in [0, 0.05) is 6.04 Å². The average molecular weight is 405 g/mol. The van der Waals surface area contributed by atoms with Gasteiger partial charge in [0.25, 0.3) is 10.0 Å². The largest absolute Gasteiger partial charge is 0.494 e. The first-order valence-corrected chi connectivity index (χ1v) is 10.8. The summed E-state index contributed by atoms with van der Waals surface area (Å²) in [5, 5.41) is 2.86. The Balaban J connectivity index is 2.34. The minimum Gasteiger partial charge on any atom is -0.494 e. The van der Waals surface area contributed by atoms with E-state index in [0.717, 1.165) is 4.31 Å². The highest BCUT2D eigenvalue weighted by Crippen LogP contribution is 2.25. The topological polar surface area (TPSA) is 75.7 Å². The summed E-state index contributed by atoms with van der Waals surface area (Å²) in [7, 11) is -3.92. The Hall–Kier alpha value is -2.54. The quantitative estimate of drug-likeness (QED) is 0.695. The second kappa shape index (κ2) is 9.59. The molecule has 0 aromatic heterocycles. The fourth-order valence-electron chi connectivity index (χ4n) is 2.51. The van der Waals surface area contributed by atoms with E-state index >= 15 is 0 Å². The predicted molar refractivity (Wildman–Crippen MR) is 111 cm³/mol. The second-order valence-electron chi connectivity index (χ2n) is 6.85. The van der Waals surface area contributed by atoms with Crippen molar-refractivity contribution in [3.05, 3.63) is 54.6 Å². The van der Waals surface area contributed by atoms with Crippen LogP contribution in [0.25, 0.3) is 0 Å². The SMILES string of the molecule is CCOc1ccc(S(=O)(=O)N(CC(=O)NC(C)C(C)C)c2ccccc2)cc1. The van der Waals surface area contributed by atoms with Gasteiger partial charge >= 0.3 is 0 Å². The molecular formula is C21H28N2O4S. The van der Waals surface area contributed by atoms with Crippen molar-refractivity contribution in [2.24, 2.45) is 5.92 Å². The van der Waals surface area contributed by atoms with Crippen LogP contribution in [0.2, 0.25) is 0 Å². The number of anilines is 1. The minimum atomic E-state index is -3.92. The van der Waals surface area contributed by atoms with E-state index in [1.165, 1.54) is 12.1 Å². The van der Waals surface area contributed by atoms with Crippen molar-refractivity contribution in [3.63, 3.8) is 0 Å². The van der Waals surface area contributed by atoms with Gasteiger partial charge in [-0.05, 0) is 56.2 Å². The number of sulfonamides is 1. The summed E-state index contributed by atoms with van der Waals surface area (Å²) in [6.07, 6.45) is 0. The summed E-state index contributed by atoms with van der Waals surface area (Å²) >= 11 is 0. The van der Waals surface area contributed by atoms with Gasteiger partial charge in [0.05, 0.1) is 17.2 Å². The van der Waals surface area contributed by atoms with Gasteiger partial charge in [-0.25, -0.2) is 8.42 Å². The maximum atomic E-state index is 13.3. The third-order valence-corrected chi connectivity index (χ3v) is 6.23. The van der Waals surface area contributed by atoms with Gasteiger partial charge in [-0.1, -0.05) is 32.0 Å². The number of carbonyl (C=O) groups is 1. The van der Waals surface area contributed by atoms with E-state index in [4.69, 9.17) is 4.74 Å². The highest BCUT2D eigenvalue weighted by molar-refractivity contribution is 7.92. The lowest BCUT2D eigenvalue weighted by Gasteiger charge is -2.25. The van der Waals surface area contributed by atoms with E-state index in [-0.39, 0.29) is 29.3 Å². The van der Waals surface area contributed by atoms with Gasteiger partial charge in [-0.3, -0.25) is 9.10 Å². The molecule has 0 saturated carbocycles. The van der Waals surface area contributed by atoms with Crippen molar-refractivity contribution < 1.29 is 17.9 Å². The van der Waals surface area contributed by atoms with Gasteiger partial charge in [0.2, 0.25) is 5.91 Å². The first kappa shape index (κ1) is 21.8. The Morgan fingerprint density at radius 1 is 1.04 bits per heavy atom. The molecule has 1 N–H and O–H groups in total. The van der Waals surface area contributed by atoms with Gasteiger partial charge in [0.15, 0.2) is 0 Å². The Morgan fingerprint density at radius 3 is 2.18 bits per heavy atom. The van der Waals surface area contributed by atoms with Crippen LogP contribution in [0.4, 0.5) is 5.69 Å². The molecule has 0 aliphatic heterocycles. The van der Waals surface area contributed by atoms with E-state index in [0.29, 0.717) is 18.0 Å². The number of nitrogens with zero attached hydrogens (tertiary/aromatic N) is 1. The van der Waals surface area contributed by atoms with E-state index in [1.807, 2.05) is 27.7 Å². The van der Waals surface area contributed by atoms with Crippen molar-refractivity contribution in [1.82, 2.24) is 5.32 Å². The second-order valence-corrected chi connectivity index (χ2v) is 8.71. The number of hydrogen-bond acceptors (Lipinski definition) is 4. The maximum Gasteiger partial charge on any atom is 0.264 e. The Morgan fingerprint density at radius 2 is 1.64 bits per heavy atom. The number of nitrogens with one attached hydrogen (secondary N) is 1. The van der Waals surface area contributed by atoms with Gasteiger partial charge < -0.3 is 10.1 Å². The number of rotatable bonds is 9. The molecule has 152 valence electrons. The van der Waals surface area contributed by atoms with Crippen LogP contribution in [0, 0.1) is 5.92 Å². The van der Waals surface area contributed by atoms with Gasteiger partial charge in [-0.15, -0.1) is 0 Å². The molecule has 1 unspecified atom stereocenters. The number of carbonyl (C=O) groups excluding carboxylic acids is 1. The van der Waals surface area contributed by atoms with E-state index in [9.17, 15) is 13.2 Å². The normalized spacial score (nSPS) is 12.5. The standard InChI is InChI=1S/C21H28N2O4S/c1-5-27-19-11-13-20(14-12-19)28(25,26)23(18-9-7-6-8-10-18)15-21(24)22-17(4)16(2)3/h6-14,16-17H,5,15H2,1-4H3,(H,22,24). The summed E-state index contributed by atoms with van der Waals surface area (Å²) in [5.74, 6) is 0.493.